The van der Waals surface area contributed by atoms with Gasteiger partial charge in [-0.25, -0.2) is 14.3 Å². The predicted octanol–water partition coefficient (Wildman–Crippen LogP) is 3.77. The van der Waals surface area contributed by atoms with Crippen LogP contribution in [-0.2, 0) is 13.3 Å². The highest BCUT2D eigenvalue weighted by Gasteiger charge is 2.15. The molecule has 4 rings (SSSR count). The zero-order valence-electron chi connectivity index (χ0n) is 16.2. The van der Waals surface area contributed by atoms with Crippen LogP contribution in [0, 0.1) is 6.92 Å². The quantitative estimate of drug-likeness (QED) is 0.490. The molecule has 30 heavy (non-hydrogen) atoms. The summed E-state index contributed by atoms with van der Waals surface area (Å²) in [5.41, 5.74) is 2.63. The van der Waals surface area contributed by atoms with E-state index in [9.17, 15) is 4.79 Å². The summed E-state index contributed by atoms with van der Waals surface area (Å²) in [6.45, 7) is 2.68. The van der Waals surface area contributed by atoms with Gasteiger partial charge in [0.1, 0.15) is 17.8 Å². The van der Waals surface area contributed by atoms with Crippen LogP contribution in [0.15, 0.2) is 67.1 Å². The predicted molar refractivity (Wildman–Crippen MR) is 113 cm³/mol. The van der Waals surface area contributed by atoms with E-state index in [0.29, 0.717) is 23.0 Å². The summed E-state index contributed by atoms with van der Waals surface area (Å²) in [6.07, 6.45) is 3.11. The van der Waals surface area contributed by atoms with Crippen LogP contribution in [0.1, 0.15) is 21.6 Å². The third-order valence-electron chi connectivity index (χ3n) is 4.34. The number of aromatic nitrogens is 5. The molecular weight excluding hydrogens is 404 g/mol. The Balaban J connectivity index is 1.37. The minimum absolute atomic E-state index is 0.0761. The molecule has 0 unspecified atom stereocenters. The van der Waals surface area contributed by atoms with E-state index in [0.717, 1.165) is 5.56 Å². The molecule has 9 heteroatoms. The number of benzene rings is 2. The SMILES string of the molecule is Cc1ccc(Cn2cnc(NC(=O)c3ccnn3COc3ccc(Cl)cc3)n2)cc1. The second-order valence-corrected chi connectivity index (χ2v) is 7.09. The zero-order valence-corrected chi connectivity index (χ0v) is 17.0. The van der Waals surface area contributed by atoms with Crippen LogP contribution in [0.3, 0.4) is 0 Å². The molecule has 0 atom stereocenters. The lowest BCUT2D eigenvalue weighted by Gasteiger charge is -2.09. The third kappa shape index (κ3) is 4.84. The Kier molecular flexibility index (Phi) is 5.76. The summed E-state index contributed by atoms with van der Waals surface area (Å²) < 4.78 is 8.77. The average molecular weight is 423 g/mol. The molecule has 1 N–H and O–H groups in total. The maximum absolute atomic E-state index is 12.6. The van der Waals surface area contributed by atoms with Gasteiger partial charge >= 0.3 is 0 Å². The van der Waals surface area contributed by atoms with Crippen molar-refractivity contribution in [2.45, 2.75) is 20.2 Å². The zero-order chi connectivity index (χ0) is 20.9. The van der Waals surface area contributed by atoms with Crippen LogP contribution in [0.5, 0.6) is 5.75 Å². The van der Waals surface area contributed by atoms with Crippen molar-refractivity contribution in [2.24, 2.45) is 0 Å². The lowest BCUT2D eigenvalue weighted by Crippen LogP contribution is -2.20. The number of nitrogens with zero attached hydrogens (tertiary/aromatic N) is 5. The van der Waals surface area contributed by atoms with E-state index in [-0.39, 0.29) is 18.6 Å². The summed E-state index contributed by atoms with van der Waals surface area (Å²) in [7, 11) is 0. The van der Waals surface area contributed by atoms with Crippen LogP contribution in [-0.4, -0.2) is 30.5 Å². The van der Waals surface area contributed by atoms with E-state index < -0.39 is 0 Å². The first kappa shape index (κ1) is 19.7. The Morgan fingerprint density at radius 3 is 2.63 bits per heavy atom. The molecule has 0 spiro atoms. The van der Waals surface area contributed by atoms with Gasteiger partial charge in [0.25, 0.3) is 5.91 Å². The lowest BCUT2D eigenvalue weighted by molar-refractivity contribution is 0.100. The van der Waals surface area contributed by atoms with Gasteiger partial charge in [-0.05, 0) is 42.8 Å². The fraction of sp³-hybridized carbons (Fsp3) is 0.143. The van der Waals surface area contributed by atoms with Gasteiger partial charge in [0.2, 0.25) is 5.95 Å². The van der Waals surface area contributed by atoms with Crippen molar-refractivity contribution in [1.82, 2.24) is 24.5 Å². The summed E-state index contributed by atoms with van der Waals surface area (Å²) in [5, 5.41) is 11.8. The van der Waals surface area contributed by atoms with Crippen molar-refractivity contribution < 1.29 is 9.53 Å². The first-order valence-electron chi connectivity index (χ1n) is 9.23. The van der Waals surface area contributed by atoms with Gasteiger partial charge in [-0.15, -0.1) is 5.10 Å². The number of ether oxygens (including phenoxy) is 1. The molecule has 0 aliphatic heterocycles. The molecule has 152 valence electrons. The molecule has 0 aliphatic rings. The van der Waals surface area contributed by atoms with E-state index in [1.54, 1.807) is 41.3 Å². The van der Waals surface area contributed by atoms with E-state index >= 15 is 0 Å². The molecule has 2 aromatic carbocycles. The second-order valence-electron chi connectivity index (χ2n) is 6.65. The van der Waals surface area contributed by atoms with Gasteiger partial charge < -0.3 is 4.74 Å². The summed E-state index contributed by atoms with van der Waals surface area (Å²) in [5.74, 6) is 0.469. The van der Waals surface area contributed by atoms with E-state index in [1.807, 2.05) is 31.2 Å². The third-order valence-corrected chi connectivity index (χ3v) is 4.60. The fourth-order valence-corrected chi connectivity index (χ4v) is 2.90. The smallest absolute Gasteiger partial charge is 0.276 e. The van der Waals surface area contributed by atoms with Crippen molar-refractivity contribution in [2.75, 3.05) is 5.32 Å². The highest BCUT2D eigenvalue weighted by Crippen LogP contribution is 2.16. The molecule has 8 nitrogen and oxygen atoms in total. The van der Waals surface area contributed by atoms with Crippen molar-refractivity contribution >= 4 is 23.5 Å². The topological polar surface area (TPSA) is 86.9 Å². The molecule has 1 amide bonds. The molecular formula is C21H19ClN6O2. The van der Waals surface area contributed by atoms with Crippen LogP contribution >= 0.6 is 11.6 Å². The van der Waals surface area contributed by atoms with E-state index in [2.05, 4.69) is 20.5 Å². The minimum Gasteiger partial charge on any atom is -0.471 e. The highest BCUT2D eigenvalue weighted by molar-refractivity contribution is 6.30. The van der Waals surface area contributed by atoms with Crippen molar-refractivity contribution in [3.63, 3.8) is 0 Å². The average Bonchev–Trinajstić information content (AvgIpc) is 3.39. The minimum atomic E-state index is -0.375. The van der Waals surface area contributed by atoms with Crippen molar-refractivity contribution in [3.8, 4) is 5.75 Å². The van der Waals surface area contributed by atoms with Gasteiger partial charge in [0, 0.05) is 11.2 Å². The summed E-state index contributed by atoms with van der Waals surface area (Å²) >= 11 is 5.87. The Morgan fingerprint density at radius 1 is 1.10 bits per heavy atom. The normalized spacial score (nSPS) is 10.7. The molecule has 0 radical (unpaired) electrons. The molecule has 0 bridgehead atoms. The number of hydrogen-bond donors (Lipinski definition) is 1. The van der Waals surface area contributed by atoms with Crippen LogP contribution < -0.4 is 10.1 Å². The number of halogens is 1. The van der Waals surface area contributed by atoms with Gasteiger partial charge in [0.05, 0.1) is 6.54 Å². The Hall–Kier alpha value is -3.65. The lowest BCUT2D eigenvalue weighted by atomic mass is 10.1. The molecule has 0 fully saturated rings. The Morgan fingerprint density at radius 2 is 1.87 bits per heavy atom. The molecule has 0 saturated carbocycles. The van der Waals surface area contributed by atoms with Gasteiger partial charge in [0.15, 0.2) is 6.73 Å². The molecule has 0 aliphatic carbocycles. The number of hydrogen-bond acceptors (Lipinski definition) is 5. The number of amides is 1. The van der Waals surface area contributed by atoms with Gasteiger partial charge in [-0.2, -0.15) is 5.10 Å². The highest BCUT2D eigenvalue weighted by atomic mass is 35.5. The molecule has 2 aromatic heterocycles. The maximum Gasteiger partial charge on any atom is 0.276 e. The Labute approximate surface area is 178 Å². The number of rotatable bonds is 7. The Bertz CT molecular complexity index is 1140. The molecule has 0 saturated heterocycles. The van der Waals surface area contributed by atoms with Crippen molar-refractivity contribution in [3.05, 3.63) is 89.0 Å². The van der Waals surface area contributed by atoms with Crippen LogP contribution in [0.4, 0.5) is 5.95 Å². The molecule has 4 aromatic rings. The summed E-state index contributed by atoms with van der Waals surface area (Å²) in [4.78, 5) is 16.8. The number of carbonyl (C=O) groups is 1. The van der Waals surface area contributed by atoms with Crippen LogP contribution in [0.2, 0.25) is 5.02 Å². The molecule has 2 heterocycles. The number of carbonyl (C=O) groups excluding carboxylic acids is 1. The van der Waals surface area contributed by atoms with E-state index in [1.165, 1.54) is 16.4 Å². The maximum atomic E-state index is 12.6. The number of anilines is 1. The number of nitrogens with one attached hydrogen (secondary N) is 1. The van der Waals surface area contributed by atoms with E-state index in [4.69, 9.17) is 16.3 Å². The first-order valence-corrected chi connectivity index (χ1v) is 9.61. The standard InChI is InChI=1S/C21H19ClN6O2/c1-15-2-4-16(5-3-15)12-27-13-23-21(26-27)25-20(29)19-10-11-24-28(19)14-30-18-8-6-17(22)7-9-18/h2-11,13H,12,14H2,1H3,(H,25,26,29). The first-order chi connectivity index (χ1) is 14.6. The summed E-state index contributed by atoms with van der Waals surface area (Å²) in [6, 6.07) is 16.7. The number of aryl methyl sites for hydroxylation is 1. The van der Waals surface area contributed by atoms with Gasteiger partial charge in [-0.1, -0.05) is 41.4 Å². The van der Waals surface area contributed by atoms with Crippen molar-refractivity contribution in [1.29, 1.82) is 0 Å². The van der Waals surface area contributed by atoms with Gasteiger partial charge in [-0.3, -0.25) is 10.1 Å². The largest absolute Gasteiger partial charge is 0.471 e. The second kappa shape index (κ2) is 8.79. The monoisotopic (exact) mass is 422 g/mol. The fourth-order valence-electron chi connectivity index (χ4n) is 2.77. The van der Waals surface area contributed by atoms with Crippen LogP contribution in [0.25, 0.3) is 0 Å².